The first-order valence-corrected chi connectivity index (χ1v) is 8.10. The van der Waals surface area contributed by atoms with Gasteiger partial charge in [0.05, 0.1) is 5.75 Å². The van der Waals surface area contributed by atoms with Crippen molar-refractivity contribution in [2.24, 2.45) is 11.1 Å². The Hall–Kier alpha value is -0.130. The molecule has 0 aromatic heterocycles. The molecule has 1 fully saturated rings. The molecular formula is C12H26N2O2S. The molecule has 0 bridgehead atoms. The summed E-state index contributed by atoms with van der Waals surface area (Å²) in [5.41, 5.74) is 5.99. The molecule has 4 nitrogen and oxygen atoms in total. The van der Waals surface area contributed by atoms with Crippen LogP contribution in [-0.4, -0.2) is 26.3 Å². The molecule has 3 N–H and O–H groups in total. The number of nitrogens with two attached hydrogens (primary N) is 1. The van der Waals surface area contributed by atoms with Crippen LogP contribution in [0, 0.1) is 5.41 Å². The second-order valence-corrected chi connectivity index (χ2v) is 8.18. The Morgan fingerprint density at radius 1 is 1.24 bits per heavy atom. The van der Waals surface area contributed by atoms with Crippen LogP contribution >= 0.6 is 0 Å². The summed E-state index contributed by atoms with van der Waals surface area (Å²) in [5.74, 6) is 0.194. The van der Waals surface area contributed by atoms with Gasteiger partial charge in [-0.15, -0.1) is 0 Å². The maximum absolute atomic E-state index is 11.9. The first kappa shape index (κ1) is 14.9. The van der Waals surface area contributed by atoms with Crippen molar-refractivity contribution in [3.8, 4) is 0 Å². The predicted molar refractivity (Wildman–Crippen MR) is 71.2 cm³/mol. The topological polar surface area (TPSA) is 72.2 Å². The van der Waals surface area contributed by atoms with Crippen molar-refractivity contribution in [3.63, 3.8) is 0 Å². The minimum atomic E-state index is -3.18. The van der Waals surface area contributed by atoms with Crippen LogP contribution in [0.1, 0.15) is 52.9 Å². The van der Waals surface area contributed by atoms with Crippen molar-refractivity contribution in [2.45, 2.75) is 65.0 Å². The van der Waals surface area contributed by atoms with E-state index in [1.165, 1.54) is 0 Å². The molecule has 5 heteroatoms. The maximum atomic E-state index is 11.9. The zero-order chi connectivity index (χ0) is 13.1. The third kappa shape index (κ3) is 5.84. The Balaban J connectivity index is 2.48. The van der Waals surface area contributed by atoms with Gasteiger partial charge in [-0.3, -0.25) is 0 Å². The minimum Gasteiger partial charge on any atom is -0.326 e. The molecule has 0 amide bonds. The van der Waals surface area contributed by atoms with Gasteiger partial charge in [0.15, 0.2) is 0 Å². The molecule has 0 aromatic carbocycles. The third-order valence-corrected chi connectivity index (χ3v) is 4.67. The number of rotatable bonds is 4. The summed E-state index contributed by atoms with van der Waals surface area (Å²) >= 11 is 0. The van der Waals surface area contributed by atoms with Crippen molar-refractivity contribution in [2.75, 3.05) is 5.75 Å². The van der Waals surface area contributed by atoms with E-state index >= 15 is 0 Å². The molecule has 0 aromatic rings. The molecule has 1 rings (SSSR count). The lowest BCUT2D eigenvalue weighted by atomic mass is 9.92. The van der Waals surface area contributed by atoms with E-state index in [1.807, 2.05) is 0 Å². The van der Waals surface area contributed by atoms with Gasteiger partial charge in [0, 0.05) is 12.1 Å². The highest BCUT2D eigenvalue weighted by atomic mass is 32.2. The molecule has 0 heterocycles. The van der Waals surface area contributed by atoms with Crippen LogP contribution in [0.25, 0.3) is 0 Å². The van der Waals surface area contributed by atoms with Crippen molar-refractivity contribution in [1.82, 2.24) is 4.72 Å². The Bertz CT molecular complexity index is 333. The fraction of sp³-hybridized carbons (Fsp3) is 1.00. The highest BCUT2D eigenvalue weighted by Crippen LogP contribution is 2.21. The van der Waals surface area contributed by atoms with Crippen molar-refractivity contribution < 1.29 is 8.42 Å². The molecule has 1 aliphatic carbocycles. The average molecular weight is 262 g/mol. The van der Waals surface area contributed by atoms with Crippen LogP contribution in [0.5, 0.6) is 0 Å². The van der Waals surface area contributed by atoms with E-state index in [0.717, 1.165) is 25.7 Å². The molecule has 0 aliphatic heterocycles. The zero-order valence-corrected chi connectivity index (χ0v) is 12.0. The monoisotopic (exact) mass is 262 g/mol. The van der Waals surface area contributed by atoms with Crippen LogP contribution in [0.4, 0.5) is 0 Å². The molecule has 0 radical (unpaired) electrons. The molecule has 2 unspecified atom stereocenters. The molecule has 2 atom stereocenters. The Kier molecular flexibility index (Phi) is 4.98. The highest BCUT2D eigenvalue weighted by Gasteiger charge is 2.26. The molecule has 0 spiro atoms. The highest BCUT2D eigenvalue weighted by molar-refractivity contribution is 7.89. The maximum Gasteiger partial charge on any atom is 0.211 e. The summed E-state index contributed by atoms with van der Waals surface area (Å²) in [7, 11) is -3.18. The smallest absolute Gasteiger partial charge is 0.211 e. The summed E-state index contributed by atoms with van der Waals surface area (Å²) in [6, 6.07) is -0.0816. The number of hydrogen-bond acceptors (Lipinski definition) is 3. The summed E-state index contributed by atoms with van der Waals surface area (Å²) in [6.45, 7) is 6.15. The fourth-order valence-corrected chi connectivity index (χ4v) is 3.79. The van der Waals surface area contributed by atoms with Crippen LogP contribution in [0.15, 0.2) is 0 Å². The second kappa shape index (κ2) is 5.67. The molecule has 0 saturated heterocycles. The van der Waals surface area contributed by atoms with E-state index in [-0.39, 0.29) is 23.3 Å². The summed E-state index contributed by atoms with van der Waals surface area (Å²) in [6.07, 6.45) is 4.65. The Morgan fingerprint density at radius 3 is 2.35 bits per heavy atom. The standard InChI is InChI=1S/C12H26N2O2S/c1-12(2,3)8-9-17(15,16)14-11-7-5-4-6-10(11)13/h10-11,14H,4-9,13H2,1-3H3. The first-order chi connectivity index (χ1) is 7.70. The van der Waals surface area contributed by atoms with Gasteiger partial charge < -0.3 is 5.73 Å². The van der Waals surface area contributed by atoms with E-state index in [0.29, 0.717) is 6.42 Å². The zero-order valence-electron chi connectivity index (χ0n) is 11.2. The largest absolute Gasteiger partial charge is 0.326 e. The lowest BCUT2D eigenvalue weighted by Gasteiger charge is -2.29. The van der Waals surface area contributed by atoms with E-state index in [2.05, 4.69) is 25.5 Å². The number of hydrogen-bond donors (Lipinski definition) is 2. The average Bonchev–Trinajstić information content (AvgIpc) is 2.18. The second-order valence-electron chi connectivity index (χ2n) is 6.30. The van der Waals surface area contributed by atoms with Crippen molar-refractivity contribution >= 4 is 10.0 Å². The lowest BCUT2D eigenvalue weighted by molar-refractivity contribution is 0.358. The number of sulfonamides is 1. The van der Waals surface area contributed by atoms with Crippen molar-refractivity contribution in [1.29, 1.82) is 0 Å². The van der Waals surface area contributed by atoms with Crippen LogP contribution in [0.3, 0.4) is 0 Å². The van der Waals surface area contributed by atoms with E-state index in [4.69, 9.17) is 5.73 Å². The van der Waals surface area contributed by atoms with E-state index < -0.39 is 10.0 Å². The molecule has 17 heavy (non-hydrogen) atoms. The van der Waals surface area contributed by atoms with Gasteiger partial charge in [0.2, 0.25) is 10.0 Å². The van der Waals surface area contributed by atoms with Gasteiger partial charge in [-0.1, -0.05) is 33.6 Å². The molecular weight excluding hydrogens is 236 g/mol. The summed E-state index contributed by atoms with van der Waals surface area (Å²) < 4.78 is 26.6. The molecule has 102 valence electrons. The predicted octanol–water partition coefficient (Wildman–Crippen LogP) is 1.61. The van der Waals surface area contributed by atoms with E-state index in [9.17, 15) is 8.42 Å². The fourth-order valence-electron chi connectivity index (χ4n) is 2.04. The first-order valence-electron chi connectivity index (χ1n) is 6.45. The quantitative estimate of drug-likeness (QED) is 0.808. The van der Waals surface area contributed by atoms with Gasteiger partial charge in [0.25, 0.3) is 0 Å². The van der Waals surface area contributed by atoms with Crippen molar-refractivity contribution in [3.05, 3.63) is 0 Å². The van der Waals surface area contributed by atoms with Crippen LogP contribution in [-0.2, 0) is 10.0 Å². The minimum absolute atomic E-state index is 0.0202. The van der Waals surface area contributed by atoms with Crippen LogP contribution in [0.2, 0.25) is 0 Å². The van der Waals surface area contributed by atoms with Gasteiger partial charge in [-0.05, 0) is 24.7 Å². The van der Waals surface area contributed by atoms with E-state index in [1.54, 1.807) is 0 Å². The van der Waals surface area contributed by atoms with Crippen LogP contribution < -0.4 is 10.5 Å². The SMILES string of the molecule is CC(C)(C)CCS(=O)(=O)NC1CCCCC1N. The normalized spacial score (nSPS) is 27.1. The third-order valence-electron chi connectivity index (χ3n) is 3.27. The Morgan fingerprint density at radius 2 is 1.82 bits per heavy atom. The van der Waals surface area contributed by atoms with Gasteiger partial charge in [-0.2, -0.15) is 0 Å². The molecule has 1 saturated carbocycles. The lowest BCUT2D eigenvalue weighted by Crippen LogP contribution is -2.49. The summed E-state index contributed by atoms with van der Waals surface area (Å²) in [5, 5.41) is 0. The summed E-state index contributed by atoms with van der Waals surface area (Å²) in [4.78, 5) is 0. The number of nitrogens with one attached hydrogen (secondary N) is 1. The molecule has 1 aliphatic rings. The Labute approximate surface area is 105 Å². The van der Waals surface area contributed by atoms with Gasteiger partial charge >= 0.3 is 0 Å². The van der Waals surface area contributed by atoms with Gasteiger partial charge in [0.1, 0.15) is 0 Å². The van der Waals surface area contributed by atoms with Gasteiger partial charge in [-0.25, -0.2) is 13.1 Å².